The Bertz CT molecular complexity index is 629. The van der Waals surface area contributed by atoms with Gasteiger partial charge in [0.05, 0.1) is 5.52 Å². The topological polar surface area (TPSA) is 12.9 Å². The zero-order chi connectivity index (χ0) is 11.5. The summed E-state index contributed by atoms with van der Waals surface area (Å²) in [5.41, 5.74) is 3.64. The minimum atomic E-state index is 0.943. The Morgan fingerprint density at radius 2 is 1.53 bits per heavy atom. The van der Waals surface area contributed by atoms with Crippen LogP contribution in [0.4, 0.5) is 0 Å². The number of rotatable bonds is 2. The Morgan fingerprint density at radius 1 is 0.765 bits per heavy atom. The monoisotopic (exact) mass is 219 g/mol. The molecule has 1 aromatic heterocycles. The van der Waals surface area contributed by atoms with Crippen LogP contribution < -0.4 is 0 Å². The van der Waals surface area contributed by atoms with Gasteiger partial charge in [-0.1, -0.05) is 48.5 Å². The highest BCUT2D eigenvalue weighted by Gasteiger charge is 1.98. The van der Waals surface area contributed by atoms with Crippen LogP contribution in [0.15, 0.2) is 66.9 Å². The highest BCUT2D eigenvalue weighted by molar-refractivity contribution is 5.78. The fourth-order valence-corrected chi connectivity index (χ4v) is 2.04. The molecule has 0 aliphatic carbocycles. The molecule has 0 N–H and O–H groups in total. The molecular formula is C16H13N. The molecular weight excluding hydrogens is 206 g/mol. The number of hydrogen-bond donors (Lipinski definition) is 0. The molecule has 0 saturated carbocycles. The molecule has 1 nitrogen and oxygen atoms in total. The minimum Gasteiger partial charge on any atom is -0.256 e. The van der Waals surface area contributed by atoms with Crippen molar-refractivity contribution in [2.45, 2.75) is 6.42 Å². The quantitative estimate of drug-likeness (QED) is 0.638. The first-order valence-electron chi connectivity index (χ1n) is 5.79. The van der Waals surface area contributed by atoms with Gasteiger partial charge in [-0.3, -0.25) is 4.98 Å². The first-order chi connectivity index (χ1) is 8.42. The second kappa shape index (κ2) is 4.38. The van der Waals surface area contributed by atoms with Gasteiger partial charge < -0.3 is 0 Å². The number of benzene rings is 2. The van der Waals surface area contributed by atoms with Crippen LogP contribution in [0.2, 0.25) is 0 Å². The molecule has 0 aliphatic heterocycles. The number of aromatic nitrogens is 1. The van der Waals surface area contributed by atoms with Gasteiger partial charge in [0, 0.05) is 11.6 Å². The molecule has 17 heavy (non-hydrogen) atoms. The van der Waals surface area contributed by atoms with Gasteiger partial charge in [-0.05, 0) is 29.7 Å². The maximum Gasteiger partial charge on any atom is 0.0702 e. The molecule has 0 fully saturated rings. The predicted octanol–water partition coefficient (Wildman–Crippen LogP) is 3.83. The molecule has 1 heterocycles. The first kappa shape index (κ1) is 10.0. The molecule has 0 unspecified atom stereocenters. The number of pyridine rings is 1. The average molecular weight is 219 g/mol. The lowest BCUT2D eigenvalue weighted by atomic mass is 10.1. The third-order valence-corrected chi connectivity index (χ3v) is 2.90. The average Bonchev–Trinajstić information content (AvgIpc) is 2.40. The summed E-state index contributed by atoms with van der Waals surface area (Å²) in [5, 5.41) is 1.21. The van der Waals surface area contributed by atoms with Crippen molar-refractivity contribution in [1.82, 2.24) is 4.98 Å². The van der Waals surface area contributed by atoms with Crippen LogP contribution in [0.3, 0.4) is 0 Å². The van der Waals surface area contributed by atoms with Crippen molar-refractivity contribution in [2.24, 2.45) is 0 Å². The lowest BCUT2D eigenvalue weighted by molar-refractivity contribution is 1.17. The fraction of sp³-hybridized carbons (Fsp3) is 0.0625. The second-order valence-electron chi connectivity index (χ2n) is 4.20. The molecule has 2 aromatic carbocycles. The van der Waals surface area contributed by atoms with E-state index < -0.39 is 0 Å². The van der Waals surface area contributed by atoms with Gasteiger partial charge >= 0.3 is 0 Å². The van der Waals surface area contributed by atoms with Crippen LogP contribution in [0.5, 0.6) is 0 Å². The van der Waals surface area contributed by atoms with Crippen molar-refractivity contribution in [3.05, 3.63) is 78.0 Å². The second-order valence-corrected chi connectivity index (χ2v) is 4.20. The zero-order valence-corrected chi connectivity index (χ0v) is 9.51. The maximum absolute atomic E-state index is 4.48. The van der Waals surface area contributed by atoms with Gasteiger partial charge in [0.2, 0.25) is 0 Å². The molecule has 1 heteroatoms. The normalized spacial score (nSPS) is 10.6. The van der Waals surface area contributed by atoms with E-state index in [0.717, 1.165) is 11.9 Å². The standard InChI is InChI=1S/C16H13N/c1-2-6-13(7-3-1)10-14-11-15-8-4-5-9-16(15)17-12-14/h1-9,11-12H,10H2. The Morgan fingerprint density at radius 3 is 2.41 bits per heavy atom. The van der Waals surface area contributed by atoms with Gasteiger partial charge in [-0.25, -0.2) is 0 Å². The van der Waals surface area contributed by atoms with E-state index in [1.165, 1.54) is 16.5 Å². The van der Waals surface area contributed by atoms with Crippen molar-refractivity contribution < 1.29 is 0 Å². The van der Waals surface area contributed by atoms with E-state index in [-0.39, 0.29) is 0 Å². The van der Waals surface area contributed by atoms with Crippen LogP contribution in [0.1, 0.15) is 11.1 Å². The van der Waals surface area contributed by atoms with E-state index in [1.54, 1.807) is 0 Å². The molecule has 3 aromatic rings. The summed E-state index contributed by atoms with van der Waals surface area (Å²) in [7, 11) is 0. The molecule has 0 aliphatic rings. The Kier molecular flexibility index (Phi) is 2.59. The molecule has 3 rings (SSSR count). The van der Waals surface area contributed by atoms with E-state index >= 15 is 0 Å². The van der Waals surface area contributed by atoms with Crippen LogP contribution >= 0.6 is 0 Å². The summed E-state index contributed by atoms with van der Waals surface area (Å²) < 4.78 is 0. The van der Waals surface area contributed by atoms with Crippen LogP contribution in [-0.4, -0.2) is 4.98 Å². The van der Waals surface area contributed by atoms with Crippen molar-refractivity contribution in [3.63, 3.8) is 0 Å². The Labute approximate surface area is 101 Å². The van der Waals surface area contributed by atoms with Gasteiger partial charge in [-0.2, -0.15) is 0 Å². The largest absolute Gasteiger partial charge is 0.256 e. The van der Waals surface area contributed by atoms with Gasteiger partial charge in [-0.15, -0.1) is 0 Å². The molecule has 0 bridgehead atoms. The van der Waals surface area contributed by atoms with Gasteiger partial charge in [0.15, 0.2) is 0 Å². The van der Waals surface area contributed by atoms with Crippen LogP contribution in [-0.2, 0) is 6.42 Å². The summed E-state index contributed by atoms with van der Waals surface area (Å²) in [6.45, 7) is 0. The molecule has 0 spiro atoms. The SMILES string of the molecule is c1ccc(Cc2cnc3ccccc3c2)cc1. The lowest BCUT2D eigenvalue weighted by Gasteiger charge is -2.03. The number of hydrogen-bond acceptors (Lipinski definition) is 1. The third-order valence-electron chi connectivity index (χ3n) is 2.90. The maximum atomic E-state index is 4.48. The molecule has 0 radical (unpaired) electrons. The number of fused-ring (bicyclic) bond motifs is 1. The van der Waals surface area contributed by atoms with E-state index in [0.29, 0.717) is 0 Å². The van der Waals surface area contributed by atoms with E-state index in [1.807, 2.05) is 24.4 Å². The van der Waals surface area contributed by atoms with Gasteiger partial charge in [0.1, 0.15) is 0 Å². The first-order valence-corrected chi connectivity index (χ1v) is 5.79. The van der Waals surface area contributed by atoms with Crippen molar-refractivity contribution in [3.8, 4) is 0 Å². The highest BCUT2D eigenvalue weighted by atomic mass is 14.6. The summed E-state index contributed by atoms with van der Waals surface area (Å²) in [6.07, 6.45) is 2.91. The molecule has 0 amide bonds. The summed E-state index contributed by atoms with van der Waals surface area (Å²) >= 11 is 0. The van der Waals surface area contributed by atoms with Crippen LogP contribution in [0, 0.1) is 0 Å². The van der Waals surface area contributed by atoms with E-state index in [9.17, 15) is 0 Å². The summed E-state index contributed by atoms with van der Waals surface area (Å²) in [6, 6.07) is 20.9. The fourth-order valence-electron chi connectivity index (χ4n) is 2.04. The predicted molar refractivity (Wildman–Crippen MR) is 71.0 cm³/mol. The smallest absolute Gasteiger partial charge is 0.0702 e. The van der Waals surface area contributed by atoms with E-state index in [2.05, 4.69) is 47.4 Å². The van der Waals surface area contributed by atoms with Crippen molar-refractivity contribution >= 4 is 10.9 Å². The summed E-state index contributed by atoms with van der Waals surface area (Å²) in [5.74, 6) is 0. The Hall–Kier alpha value is -2.15. The third kappa shape index (κ3) is 2.18. The van der Waals surface area contributed by atoms with Crippen molar-refractivity contribution in [2.75, 3.05) is 0 Å². The number of para-hydroxylation sites is 1. The number of nitrogens with zero attached hydrogens (tertiary/aromatic N) is 1. The minimum absolute atomic E-state index is 0.943. The summed E-state index contributed by atoms with van der Waals surface area (Å²) in [4.78, 5) is 4.48. The lowest BCUT2D eigenvalue weighted by Crippen LogP contribution is -1.89. The highest BCUT2D eigenvalue weighted by Crippen LogP contribution is 2.15. The molecule has 0 atom stereocenters. The van der Waals surface area contributed by atoms with Gasteiger partial charge in [0.25, 0.3) is 0 Å². The molecule has 82 valence electrons. The Balaban J connectivity index is 1.96. The molecule has 0 saturated heterocycles. The van der Waals surface area contributed by atoms with Crippen LogP contribution in [0.25, 0.3) is 10.9 Å². The zero-order valence-electron chi connectivity index (χ0n) is 9.51. The van der Waals surface area contributed by atoms with E-state index in [4.69, 9.17) is 0 Å². The van der Waals surface area contributed by atoms with Crippen molar-refractivity contribution in [1.29, 1.82) is 0 Å².